The first kappa shape index (κ1) is 19.1. The Morgan fingerprint density at radius 3 is 1.84 bits per heavy atom. The van der Waals surface area contributed by atoms with Crippen LogP contribution in [0, 0.1) is 0 Å². The molecule has 2 rings (SSSR count). The summed E-state index contributed by atoms with van der Waals surface area (Å²) in [6.07, 6.45) is -0.347. The van der Waals surface area contributed by atoms with Gasteiger partial charge in [-0.1, -0.05) is 36.4 Å². The maximum absolute atomic E-state index is 12.2. The lowest BCUT2D eigenvalue weighted by atomic mass is 10.2. The van der Waals surface area contributed by atoms with Crippen molar-refractivity contribution in [2.45, 2.75) is 58.4 Å². The molecule has 0 unspecified atom stereocenters. The molecule has 0 bridgehead atoms. The summed E-state index contributed by atoms with van der Waals surface area (Å²) in [6.45, 7) is 6.90. The van der Waals surface area contributed by atoms with Crippen molar-refractivity contribution in [3.05, 3.63) is 42.0 Å². The van der Waals surface area contributed by atoms with Gasteiger partial charge in [-0.05, 0) is 39.3 Å². The van der Waals surface area contributed by atoms with Crippen LogP contribution in [-0.4, -0.2) is 42.6 Å². The molecule has 1 saturated heterocycles. The summed E-state index contributed by atoms with van der Waals surface area (Å²) in [5.41, 5.74) is 0.948. The van der Waals surface area contributed by atoms with Gasteiger partial charge in [-0.2, -0.15) is 0 Å². The number of ether oxygens (including phenoxy) is 4. The Morgan fingerprint density at radius 2 is 1.40 bits per heavy atom. The summed E-state index contributed by atoms with van der Waals surface area (Å²) < 4.78 is 21.5. The van der Waals surface area contributed by atoms with E-state index in [1.54, 1.807) is 39.8 Å². The molecule has 1 aliphatic heterocycles. The molecule has 0 spiro atoms. The van der Waals surface area contributed by atoms with Crippen LogP contribution in [0.2, 0.25) is 0 Å². The van der Waals surface area contributed by atoms with Crippen molar-refractivity contribution < 1.29 is 28.5 Å². The van der Waals surface area contributed by atoms with Crippen molar-refractivity contribution in [3.63, 3.8) is 0 Å². The molecule has 25 heavy (non-hydrogen) atoms. The Hall–Kier alpha value is -2.18. The second-order valence-electron chi connectivity index (χ2n) is 6.22. The Labute approximate surface area is 147 Å². The van der Waals surface area contributed by atoms with Gasteiger partial charge >= 0.3 is 11.9 Å². The van der Waals surface area contributed by atoms with Crippen molar-refractivity contribution >= 4 is 18.0 Å². The summed E-state index contributed by atoms with van der Waals surface area (Å²) >= 11 is 0. The molecular weight excluding hydrogens is 324 g/mol. The maximum atomic E-state index is 12.2. The van der Waals surface area contributed by atoms with Gasteiger partial charge in [0.25, 0.3) is 0 Å². The number of hydrogen-bond acceptors (Lipinski definition) is 6. The van der Waals surface area contributed by atoms with Crippen LogP contribution < -0.4 is 0 Å². The van der Waals surface area contributed by atoms with Crippen molar-refractivity contribution in [2.75, 3.05) is 0 Å². The highest BCUT2D eigenvalue weighted by atomic mass is 16.8. The maximum Gasteiger partial charge on any atom is 0.339 e. The third kappa shape index (κ3) is 5.69. The number of rotatable bonds is 6. The largest absolute Gasteiger partial charge is 0.461 e. The van der Waals surface area contributed by atoms with Crippen molar-refractivity contribution in [2.24, 2.45) is 0 Å². The minimum absolute atomic E-state index is 0.322. The van der Waals surface area contributed by atoms with Crippen LogP contribution >= 0.6 is 0 Å². The fourth-order valence-corrected chi connectivity index (χ4v) is 2.27. The summed E-state index contributed by atoms with van der Waals surface area (Å²) in [4.78, 5) is 24.4. The molecule has 0 amide bonds. The monoisotopic (exact) mass is 348 g/mol. The van der Waals surface area contributed by atoms with Crippen LogP contribution in [0.15, 0.2) is 36.4 Å². The molecule has 1 aliphatic rings. The van der Waals surface area contributed by atoms with E-state index in [1.807, 2.05) is 30.3 Å². The first-order valence-electron chi connectivity index (χ1n) is 8.32. The lowest BCUT2D eigenvalue weighted by molar-refractivity contribution is -0.167. The van der Waals surface area contributed by atoms with Crippen LogP contribution in [0.1, 0.15) is 33.3 Å². The number of carbonyl (C=O) groups is 2. The summed E-state index contributed by atoms with van der Waals surface area (Å²) in [5, 5.41) is 0. The number of benzene rings is 1. The zero-order valence-electron chi connectivity index (χ0n) is 14.9. The molecule has 0 aliphatic carbocycles. The number of hydrogen-bond donors (Lipinski definition) is 0. The molecule has 1 heterocycles. The first-order chi connectivity index (χ1) is 11.9. The van der Waals surface area contributed by atoms with Gasteiger partial charge in [-0.25, -0.2) is 9.59 Å². The quantitative estimate of drug-likeness (QED) is 0.736. The van der Waals surface area contributed by atoms with Gasteiger partial charge < -0.3 is 18.9 Å². The van der Waals surface area contributed by atoms with E-state index in [4.69, 9.17) is 18.9 Å². The van der Waals surface area contributed by atoms with Crippen molar-refractivity contribution in [1.82, 2.24) is 0 Å². The molecule has 136 valence electrons. The first-order valence-corrected chi connectivity index (χ1v) is 8.32. The van der Waals surface area contributed by atoms with E-state index < -0.39 is 30.4 Å². The van der Waals surface area contributed by atoms with E-state index in [0.29, 0.717) is 0 Å². The topological polar surface area (TPSA) is 71.1 Å². The van der Waals surface area contributed by atoms with Crippen molar-refractivity contribution in [1.29, 1.82) is 0 Å². The Kier molecular flexibility index (Phi) is 6.73. The smallest absolute Gasteiger partial charge is 0.339 e. The van der Waals surface area contributed by atoms with Crippen LogP contribution in [-0.2, 0) is 28.5 Å². The van der Waals surface area contributed by atoms with E-state index in [-0.39, 0.29) is 12.2 Å². The molecule has 2 atom stereocenters. The van der Waals surface area contributed by atoms with Crippen LogP contribution in [0.3, 0.4) is 0 Å². The molecule has 1 aromatic rings. The SMILES string of the molecule is CC(C)OC(=O)[C@@H]1OC(/C=C/c2ccccc2)O[C@H]1C(=O)OC(C)C. The van der Waals surface area contributed by atoms with E-state index in [9.17, 15) is 9.59 Å². The number of carbonyl (C=O) groups excluding carboxylic acids is 2. The molecule has 6 heteroatoms. The zero-order chi connectivity index (χ0) is 18.4. The van der Waals surface area contributed by atoms with E-state index in [1.165, 1.54) is 0 Å². The molecule has 0 radical (unpaired) electrons. The zero-order valence-corrected chi connectivity index (χ0v) is 14.9. The minimum atomic E-state index is -1.15. The van der Waals surface area contributed by atoms with Crippen LogP contribution in [0.25, 0.3) is 6.08 Å². The van der Waals surface area contributed by atoms with Crippen LogP contribution in [0.4, 0.5) is 0 Å². The minimum Gasteiger partial charge on any atom is -0.461 e. The molecule has 1 aromatic carbocycles. The average Bonchev–Trinajstić information content (AvgIpc) is 2.97. The molecule has 0 saturated carbocycles. The molecule has 0 aromatic heterocycles. The van der Waals surface area contributed by atoms with E-state index in [0.717, 1.165) is 5.56 Å². The normalized spacial score (nSPS) is 21.2. The van der Waals surface area contributed by atoms with Gasteiger partial charge in [-0.15, -0.1) is 0 Å². The van der Waals surface area contributed by atoms with Gasteiger partial charge in [0.1, 0.15) is 0 Å². The predicted octanol–water partition coefficient (Wildman–Crippen LogP) is 2.71. The number of esters is 2. The van der Waals surface area contributed by atoms with Crippen molar-refractivity contribution in [3.8, 4) is 0 Å². The fraction of sp³-hybridized carbons (Fsp3) is 0.474. The standard InChI is InChI=1S/C19H24O6/c1-12(2)22-18(20)16-17(19(21)23-13(3)4)25-15(24-16)11-10-14-8-6-5-7-9-14/h5-13,15-17H,1-4H3/b11-10+/t16-,17-/m1/s1. The second-order valence-corrected chi connectivity index (χ2v) is 6.22. The van der Waals surface area contributed by atoms with Crippen LogP contribution in [0.5, 0.6) is 0 Å². The summed E-state index contributed by atoms with van der Waals surface area (Å²) in [6, 6.07) is 9.56. The second kappa shape index (κ2) is 8.78. The Balaban J connectivity index is 2.10. The third-order valence-electron chi connectivity index (χ3n) is 3.25. The van der Waals surface area contributed by atoms with Gasteiger partial charge in [0.15, 0.2) is 18.5 Å². The van der Waals surface area contributed by atoms with Gasteiger partial charge in [0.2, 0.25) is 0 Å². The van der Waals surface area contributed by atoms with Gasteiger partial charge in [0.05, 0.1) is 12.2 Å². The molecular formula is C19H24O6. The van der Waals surface area contributed by atoms with Gasteiger partial charge in [-0.3, -0.25) is 0 Å². The lowest BCUT2D eigenvalue weighted by Crippen LogP contribution is -2.40. The highest BCUT2D eigenvalue weighted by Gasteiger charge is 2.46. The highest BCUT2D eigenvalue weighted by molar-refractivity contribution is 5.86. The average molecular weight is 348 g/mol. The lowest BCUT2D eigenvalue weighted by Gasteiger charge is -2.17. The highest BCUT2D eigenvalue weighted by Crippen LogP contribution is 2.24. The Morgan fingerprint density at radius 1 is 0.920 bits per heavy atom. The molecule has 1 fully saturated rings. The van der Waals surface area contributed by atoms with E-state index >= 15 is 0 Å². The molecule has 6 nitrogen and oxygen atoms in total. The summed E-state index contributed by atoms with van der Waals surface area (Å²) in [5.74, 6) is -1.28. The van der Waals surface area contributed by atoms with E-state index in [2.05, 4.69) is 0 Å². The predicted molar refractivity (Wildman–Crippen MR) is 91.5 cm³/mol. The summed E-state index contributed by atoms with van der Waals surface area (Å²) in [7, 11) is 0. The molecule has 0 N–H and O–H groups in total. The third-order valence-corrected chi connectivity index (χ3v) is 3.25. The van der Waals surface area contributed by atoms with Gasteiger partial charge in [0, 0.05) is 0 Å². The fourth-order valence-electron chi connectivity index (χ4n) is 2.27. The Bertz CT molecular complexity index is 578.